The SMILES string of the molecule is CC1CCN(CCC(N)c2cccc(F)c2)CC1C. The zero-order valence-electron chi connectivity index (χ0n) is 12.0. The van der Waals surface area contributed by atoms with Crippen LogP contribution in [0.4, 0.5) is 4.39 Å². The van der Waals surface area contributed by atoms with Crippen molar-refractivity contribution in [2.45, 2.75) is 32.7 Å². The van der Waals surface area contributed by atoms with Crippen LogP contribution in [0, 0.1) is 17.7 Å². The molecule has 0 saturated carbocycles. The lowest BCUT2D eigenvalue weighted by Gasteiger charge is -2.35. The maximum Gasteiger partial charge on any atom is 0.123 e. The zero-order valence-corrected chi connectivity index (χ0v) is 12.0. The van der Waals surface area contributed by atoms with E-state index in [2.05, 4.69) is 18.7 Å². The van der Waals surface area contributed by atoms with Crippen LogP contribution in [-0.4, -0.2) is 24.5 Å². The number of halogens is 1. The quantitative estimate of drug-likeness (QED) is 0.905. The van der Waals surface area contributed by atoms with Gasteiger partial charge < -0.3 is 10.6 Å². The van der Waals surface area contributed by atoms with Gasteiger partial charge in [0.15, 0.2) is 0 Å². The number of nitrogens with zero attached hydrogens (tertiary/aromatic N) is 1. The molecule has 3 atom stereocenters. The molecule has 0 radical (unpaired) electrons. The molecule has 3 unspecified atom stereocenters. The van der Waals surface area contributed by atoms with Gasteiger partial charge in [0.05, 0.1) is 0 Å². The van der Waals surface area contributed by atoms with Crippen LogP contribution in [0.15, 0.2) is 24.3 Å². The summed E-state index contributed by atoms with van der Waals surface area (Å²) in [6.07, 6.45) is 2.17. The fourth-order valence-electron chi connectivity index (χ4n) is 2.78. The Morgan fingerprint density at radius 3 is 2.84 bits per heavy atom. The maximum atomic E-state index is 13.2. The average Bonchev–Trinajstić information content (AvgIpc) is 2.40. The van der Waals surface area contributed by atoms with Gasteiger partial charge in [0.1, 0.15) is 5.82 Å². The molecule has 1 aliphatic heterocycles. The average molecular weight is 264 g/mol. The monoisotopic (exact) mass is 264 g/mol. The van der Waals surface area contributed by atoms with E-state index in [1.165, 1.54) is 19.0 Å². The summed E-state index contributed by atoms with van der Waals surface area (Å²) in [6.45, 7) is 8.00. The highest BCUT2D eigenvalue weighted by atomic mass is 19.1. The number of benzene rings is 1. The second kappa shape index (κ2) is 6.49. The number of nitrogens with two attached hydrogens (primary N) is 1. The summed E-state index contributed by atoms with van der Waals surface area (Å²) in [7, 11) is 0. The normalized spacial score (nSPS) is 26.3. The first kappa shape index (κ1) is 14.5. The van der Waals surface area contributed by atoms with Gasteiger partial charge in [0.2, 0.25) is 0 Å². The molecule has 106 valence electrons. The first-order valence-corrected chi connectivity index (χ1v) is 7.29. The van der Waals surface area contributed by atoms with Crippen molar-refractivity contribution in [3.8, 4) is 0 Å². The lowest BCUT2D eigenvalue weighted by Crippen LogP contribution is -2.39. The van der Waals surface area contributed by atoms with Crippen LogP contribution >= 0.6 is 0 Å². The van der Waals surface area contributed by atoms with E-state index in [4.69, 9.17) is 5.73 Å². The highest BCUT2D eigenvalue weighted by Crippen LogP contribution is 2.23. The molecule has 0 aliphatic carbocycles. The highest BCUT2D eigenvalue weighted by molar-refractivity contribution is 5.19. The molecule has 1 aromatic carbocycles. The lowest BCUT2D eigenvalue weighted by molar-refractivity contribution is 0.135. The number of piperidine rings is 1. The second-order valence-corrected chi connectivity index (χ2v) is 5.99. The number of likely N-dealkylation sites (tertiary alicyclic amines) is 1. The van der Waals surface area contributed by atoms with Crippen LogP contribution in [0.2, 0.25) is 0 Å². The van der Waals surface area contributed by atoms with E-state index in [1.807, 2.05) is 6.07 Å². The third kappa shape index (κ3) is 4.02. The predicted molar refractivity (Wildman–Crippen MR) is 77.3 cm³/mol. The Kier molecular flexibility index (Phi) is 4.94. The van der Waals surface area contributed by atoms with Gasteiger partial charge in [-0.1, -0.05) is 26.0 Å². The number of hydrogen-bond acceptors (Lipinski definition) is 2. The summed E-state index contributed by atoms with van der Waals surface area (Å²) < 4.78 is 13.2. The minimum absolute atomic E-state index is 0.0645. The van der Waals surface area contributed by atoms with Crippen molar-refractivity contribution in [2.24, 2.45) is 17.6 Å². The van der Waals surface area contributed by atoms with Crippen molar-refractivity contribution < 1.29 is 4.39 Å². The van der Waals surface area contributed by atoms with Crippen LogP contribution in [0.1, 0.15) is 38.3 Å². The van der Waals surface area contributed by atoms with Gasteiger partial charge in [-0.2, -0.15) is 0 Å². The molecule has 3 heteroatoms. The van der Waals surface area contributed by atoms with E-state index >= 15 is 0 Å². The smallest absolute Gasteiger partial charge is 0.123 e. The van der Waals surface area contributed by atoms with E-state index in [-0.39, 0.29) is 11.9 Å². The van der Waals surface area contributed by atoms with Crippen molar-refractivity contribution in [3.05, 3.63) is 35.6 Å². The van der Waals surface area contributed by atoms with Crippen molar-refractivity contribution >= 4 is 0 Å². The first-order valence-electron chi connectivity index (χ1n) is 7.29. The Hall–Kier alpha value is -0.930. The third-order valence-corrected chi connectivity index (χ3v) is 4.45. The largest absolute Gasteiger partial charge is 0.324 e. The summed E-state index contributed by atoms with van der Waals surface area (Å²) in [6, 6.07) is 6.59. The summed E-state index contributed by atoms with van der Waals surface area (Å²) in [5.74, 6) is 1.39. The molecular weight excluding hydrogens is 239 g/mol. The molecule has 0 spiro atoms. The molecule has 1 heterocycles. The molecule has 0 amide bonds. The van der Waals surface area contributed by atoms with Crippen LogP contribution in [0.5, 0.6) is 0 Å². The zero-order chi connectivity index (χ0) is 13.8. The molecule has 0 bridgehead atoms. The van der Waals surface area contributed by atoms with Crippen LogP contribution in [0.3, 0.4) is 0 Å². The van der Waals surface area contributed by atoms with Gasteiger partial charge in [-0.15, -0.1) is 0 Å². The first-order chi connectivity index (χ1) is 9.06. The lowest BCUT2D eigenvalue weighted by atomic mass is 9.88. The standard InChI is InChI=1S/C16H25FN2/c1-12-6-8-19(11-13(12)2)9-7-16(18)14-4-3-5-15(17)10-14/h3-5,10,12-13,16H,6-9,11,18H2,1-2H3. The van der Waals surface area contributed by atoms with Gasteiger partial charge in [-0.05, 0) is 55.5 Å². The van der Waals surface area contributed by atoms with Gasteiger partial charge in [-0.25, -0.2) is 4.39 Å². The fourth-order valence-corrected chi connectivity index (χ4v) is 2.78. The summed E-state index contributed by atoms with van der Waals surface area (Å²) >= 11 is 0. The molecule has 1 saturated heterocycles. The third-order valence-electron chi connectivity index (χ3n) is 4.45. The van der Waals surface area contributed by atoms with E-state index in [9.17, 15) is 4.39 Å². The van der Waals surface area contributed by atoms with E-state index in [1.54, 1.807) is 12.1 Å². The Morgan fingerprint density at radius 1 is 1.37 bits per heavy atom. The van der Waals surface area contributed by atoms with Gasteiger partial charge in [-0.3, -0.25) is 0 Å². The molecule has 2 N–H and O–H groups in total. The molecule has 1 aromatic rings. The van der Waals surface area contributed by atoms with Crippen LogP contribution in [-0.2, 0) is 0 Å². The molecular formula is C16H25FN2. The molecule has 19 heavy (non-hydrogen) atoms. The summed E-state index contributed by atoms with van der Waals surface area (Å²) in [4.78, 5) is 2.49. The maximum absolute atomic E-state index is 13.2. The summed E-state index contributed by atoms with van der Waals surface area (Å²) in [5.41, 5.74) is 7.05. The van der Waals surface area contributed by atoms with Crippen molar-refractivity contribution in [1.82, 2.24) is 4.90 Å². The Labute approximate surface area is 115 Å². The van der Waals surface area contributed by atoms with Gasteiger partial charge >= 0.3 is 0 Å². The van der Waals surface area contributed by atoms with Crippen molar-refractivity contribution in [3.63, 3.8) is 0 Å². The Balaban J connectivity index is 1.82. The van der Waals surface area contributed by atoms with Crippen LogP contribution in [0.25, 0.3) is 0 Å². The van der Waals surface area contributed by atoms with E-state index in [0.717, 1.165) is 36.9 Å². The Bertz CT molecular complexity index is 407. The number of rotatable bonds is 4. The molecule has 2 rings (SSSR count). The van der Waals surface area contributed by atoms with Crippen LogP contribution < -0.4 is 5.73 Å². The molecule has 1 aliphatic rings. The van der Waals surface area contributed by atoms with E-state index < -0.39 is 0 Å². The summed E-state index contributed by atoms with van der Waals surface area (Å²) in [5, 5.41) is 0. The minimum atomic E-state index is -0.201. The highest BCUT2D eigenvalue weighted by Gasteiger charge is 2.22. The molecule has 0 aromatic heterocycles. The van der Waals surface area contributed by atoms with Crippen molar-refractivity contribution in [2.75, 3.05) is 19.6 Å². The van der Waals surface area contributed by atoms with Crippen molar-refractivity contribution in [1.29, 1.82) is 0 Å². The molecule has 1 fully saturated rings. The van der Waals surface area contributed by atoms with Gasteiger partial charge in [0, 0.05) is 12.6 Å². The predicted octanol–water partition coefficient (Wildman–Crippen LogP) is 3.19. The topological polar surface area (TPSA) is 29.3 Å². The Morgan fingerprint density at radius 2 is 2.16 bits per heavy atom. The minimum Gasteiger partial charge on any atom is -0.324 e. The van der Waals surface area contributed by atoms with Gasteiger partial charge in [0.25, 0.3) is 0 Å². The molecule has 2 nitrogen and oxygen atoms in total. The number of hydrogen-bond donors (Lipinski definition) is 1. The second-order valence-electron chi connectivity index (χ2n) is 5.99. The van der Waals surface area contributed by atoms with E-state index in [0.29, 0.717) is 0 Å². The fraction of sp³-hybridized carbons (Fsp3) is 0.625.